The Morgan fingerprint density at radius 1 is 1.18 bits per heavy atom. The molecule has 1 aromatic carbocycles. The second kappa shape index (κ2) is 10.6. The SMILES string of the molecule is COC(=O)[C@H](NS(=O)(=O)c1ccc(OC)cc1)[C@@H]1OC(C)(C)CO[C@H]1[C@H](O)COS(C)(=O)=O. The Bertz CT molecular complexity index is 1020. The van der Waals surface area contributed by atoms with Gasteiger partial charge in [-0.05, 0) is 38.1 Å². The Balaban J connectivity index is 2.38. The molecular weight excluding hydrogens is 482 g/mol. The van der Waals surface area contributed by atoms with Crippen LogP contribution < -0.4 is 9.46 Å². The molecule has 1 fully saturated rings. The van der Waals surface area contributed by atoms with E-state index >= 15 is 0 Å². The summed E-state index contributed by atoms with van der Waals surface area (Å²) in [7, 11) is -5.66. The lowest BCUT2D eigenvalue weighted by Gasteiger charge is -2.44. The molecule has 2 rings (SSSR count). The molecule has 1 aliphatic rings. The summed E-state index contributed by atoms with van der Waals surface area (Å²) in [6.45, 7) is 2.57. The monoisotopic (exact) mass is 511 g/mol. The summed E-state index contributed by atoms with van der Waals surface area (Å²) < 4.78 is 76.8. The molecule has 14 heteroatoms. The quantitative estimate of drug-likeness (QED) is 0.305. The molecule has 0 unspecified atom stereocenters. The summed E-state index contributed by atoms with van der Waals surface area (Å²) in [4.78, 5) is 12.4. The van der Waals surface area contributed by atoms with Gasteiger partial charge in [0.15, 0.2) is 0 Å². The number of ether oxygens (including phenoxy) is 4. The number of rotatable bonds is 10. The topological polar surface area (TPSA) is 164 Å². The van der Waals surface area contributed by atoms with Crippen LogP contribution in [0.15, 0.2) is 29.2 Å². The first-order valence-corrected chi connectivity index (χ1v) is 13.0. The fraction of sp³-hybridized carbons (Fsp3) is 0.632. The predicted octanol–water partition coefficient (Wildman–Crippen LogP) is -0.585. The van der Waals surface area contributed by atoms with Gasteiger partial charge in [0.2, 0.25) is 10.0 Å². The largest absolute Gasteiger partial charge is 0.497 e. The van der Waals surface area contributed by atoms with Gasteiger partial charge >= 0.3 is 5.97 Å². The molecule has 1 saturated heterocycles. The van der Waals surface area contributed by atoms with E-state index in [1.807, 2.05) is 0 Å². The van der Waals surface area contributed by atoms with Gasteiger partial charge < -0.3 is 24.1 Å². The van der Waals surface area contributed by atoms with Gasteiger partial charge in [0.25, 0.3) is 10.1 Å². The van der Waals surface area contributed by atoms with Crippen LogP contribution in [0.4, 0.5) is 0 Å². The first-order chi connectivity index (χ1) is 15.2. The molecule has 0 aromatic heterocycles. The number of aliphatic hydroxyl groups excluding tert-OH is 1. The molecule has 0 radical (unpaired) electrons. The number of benzene rings is 1. The fourth-order valence-corrected chi connectivity index (χ4v) is 4.69. The number of aliphatic hydroxyl groups is 1. The number of carbonyl (C=O) groups is 1. The van der Waals surface area contributed by atoms with Crippen molar-refractivity contribution in [1.29, 1.82) is 0 Å². The van der Waals surface area contributed by atoms with Crippen molar-refractivity contribution in [2.24, 2.45) is 0 Å². The Labute approximate surface area is 193 Å². The number of hydrogen-bond donors (Lipinski definition) is 2. The molecule has 1 aromatic rings. The molecule has 0 bridgehead atoms. The zero-order valence-electron chi connectivity index (χ0n) is 18.9. The van der Waals surface area contributed by atoms with Crippen molar-refractivity contribution in [3.8, 4) is 5.75 Å². The lowest BCUT2D eigenvalue weighted by Crippen LogP contribution is -2.63. The average Bonchev–Trinajstić information content (AvgIpc) is 2.74. The minimum Gasteiger partial charge on any atom is -0.497 e. The Kier molecular flexibility index (Phi) is 8.84. The van der Waals surface area contributed by atoms with Gasteiger partial charge in [0.1, 0.15) is 30.1 Å². The van der Waals surface area contributed by atoms with Crippen molar-refractivity contribution in [3.05, 3.63) is 24.3 Å². The molecule has 33 heavy (non-hydrogen) atoms. The zero-order valence-corrected chi connectivity index (χ0v) is 20.5. The highest BCUT2D eigenvalue weighted by molar-refractivity contribution is 7.89. The molecule has 0 aliphatic carbocycles. The van der Waals surface area contributed by atoms with Crippen LogP contribution >= 0.6 is 0 Å². The van der Waals surface area contributed by atoms with E-state index in [-0.39, 0.29) is 11.5 Å². The third kappa shape index (κ3) is 7.60. The van der Waals surface area contributed by atoms with Gasteiger partial charge in [-0.25, -0.2) is 8.42 Å². The number of carbonyl (C=O) groups excluding carboxylic acids is 1. The Hall–Kier alpha value is -1.81. The molecule has 1 heterocycles. The standard InChI is InChI=1S/C19H29NO11S2/c1-19(2)11-29-16(14(21)10-30-32(5,23)24)17(31-19)15(18(22)28-4)20-33(25,26)13-8-6-12(27-3)7-9-13/h6-9,14-17,20-21H,10-11H2,1-5H3/t14-,15-,16+,17+/m1/s1. The van der Waals surface area contributed by atoms with E-state index in [1.165, 1.54) is 31.4 Å². The first kappa shape index (κ1) is 27.4. The van der Waals surface area contributed by atoms with E-state index in [9.17, 15) is 26.7 Å². The number of hydrogen-bond acceptors (Lipinski definition) is 11. The van der Waals surface area contributed by atoms with Crippen molar-refractivity contribution < 1.29 is 49.9 Å². The number of methoxy groups -OCH3 is 2. The van der Waals surface area contributed by atoms with Crippen LogP contribution in [0.25, 0.3) is 0 Å². The van der Waals surface area contributed by atoms with Crippen molar-refractivity contribution in [2.45, 2.75) is 48.7 Å². The van der Waals surface area contributed by atoms with E-state index in [2.05, 4.69) is 8.91 Å². The molecule has 12 nitrogen and oxygen atoms in total. The summed E-state index contributed by atoms with van der Waals surface area (Å²) in [6, 6.07) is 3.79. The van der Waals surface area contributed by atoms with Crippen LogP contribution in [0, 0.1) is 0 Å². The highest BCUT2D eigenvalue weighted by Crippen LogP contribution is 2.29. The molecule has 0 saturated carbocycles. The lowest BCUT2D eigenvalue weighted by atomic mass is 9.97. The summed E-state index contributed by atoms with van der Waals surface area (Å²) in [5, 5.41) is 10.5. The lowest BCUT2D eigenvalue weighted by molar-refractivity contribution is -0.248. The third-order valence-corrected chi connectivity index (χ3v) is 6.69. The number of sulfonamides is 1. The second-order valence-corrected chi connectivity index (χ2v) is 11.3. The summed E-state index contributed by atoms with van der Waals surface area (Å²) in [6.07, 6.45) is -3.47. The molecule has 4 atom stereocenters. The maximum Gasteiger partial charge on any atom is 0.326 e. The molecule has 0 amide bonds. The van der Waals surface area contributed by atoms with Gasteiger partial charge in [0.05, 0.1) is 44.2 Å². The molecule has 1 aliphatic heterocycles. The van der Waals surface area contributed by atoms with Gasteiger partial charge in [-0.1, -0.05) is 0 Å². The molecule has 2 N–H and O–H groups in total. The Morgan fingerprint density at radius 2 is 1.79 bits per heavy atom. The highest BCUT2D eigenvalue weighted by atomic mass is 32.2. The normalized spacial score (nSPS) is 22.8. The molecule has 0 spiro atoms. The van der Waals surface area contributed by atoms with Crippen molar-refractivity contribution >= 4 is 26.1 Å². The summed E-state index contributed by atoms with van der Waals surface area (Å²) >= 11 is 0. The smallest absolute Gasteiger partial charge is 0.326 e. The van der Waals surface area contributed by atoms with E-state index < -0.39 is 62.7 Å². The maximum atomic E-state index is 13.0. The average molecular weight is 512 g/mol. The highest BCUT2D eigenvalue weighted by Gasteiger charge is 2.48. The second-order valence-electron chi connectivity index (χ2n) is 7.97. The van der Waals surface area contributed by atoms with Gasteiger partial charge in [0, 0.05) is 0 Å². The van der Waals surface area contributed by atoms with Crippen LogP contribution in [0.5, 0.6) is 5.75 Å². The maximum absolute atomic E-state index is 13.0. The molecular formula is C19H29NO11S2. The summed E-state index contributed by atoms with van der Waals surface area (Å²) in [5.74, 6) is -0.571. The van der Waals surface area contributed by atoms with Crippen molar-refractivity contribution in [1.82, 2.24) is 4.72 Å². The minimum atomic E-state index is -4.26. The minimum absolute atomic E-state index is 0.0246. The zero-order chi connectivity index (χ0) is 25.0. The first-order valence-electron chi connectivity index (χ1n) is 9.75. The van der Waals surface area contributed by atoms with Crippen molar-refractivity contribution in [2.75, 3.05) is 33.7 Å². The van der Waals surface area contributed by atoms with Gasteiger partial charge in [-0.3, -0.25) is 8.98 Å². The third-order valence-electron chi connectivity index (χ3n) is 4.67. The number of esters is 1. The van der Waals surface area contributed by atoms with Crippen LogP contribution in [0.1, 0.15) is 13.8 Å². The summed E-state index contributed by atoms with van der Waals surface area (Å²) in [5.41, 5.74) is -0.962. The fourth-order valence-electron chi connectivity index (χ4n) is 3.10. The van der Waals surface area contributed by atoms with E-state index in [0.29, 0.717) is 5.75 Å². The van der Waals surface area contributed by atoms with Gasteiger partial charge in [-0.2, -0.15) is 13.1 Å². The predicted molar refractivity (Wildman–Crippen MR) is 115 cm³/mol. The van der Waals surface area contributed by atoms with Crippen LogP contribution in [-0.4, -0.2) is 91.6 Å². The van der Waals surface area contributed by atoms with E-state index in [4.69, 9.17) is 18.9 Å². The number of nitrogens with one attached hydrogen (secondary N) is 1. The van der Waals surface area contributed by atoms with E-state index in [0.717, 1.165) is 13.4 Å². The van der Waals surface area contributed by atoms with Crippen LogP contribution in [0.3, 0.4) is 0 Å². The molecule has 188 valence electrons. The van der Waals surface area contributed by atoms with Crippen LogP contribution in [0.2, 0.25) is 0 Å². The van der Waals surface area contributed by atoms with Crippen LogP contribution in [-0.2, 0) is 43.3 Å². The van der Waals surface area contributed by atoms with Gasteiger partial charge in [-0.15, -0.1) is 0 Å². The van der Waals surface area contributed by atoms with E-state index in [1.54, 1.807) is 13.8 Å². The Morgan fingerprint density at radius 3 is 2.30 bits per heavy atom. The van der Waals surface area contributed by atoms with Crippen molar-refractivity contribution in [3.63, 3.8) is 0 Å².